The fourth-order valence-corrected chi connectivity index (χ4v) is 1.77. The largest absolute Gasteiger partial charge is 0.465 e. The molecule has 1 aliphatic rings. The third-order valence-electron chi connectivity index (χ3n) is 2.52. The summed E-state index contributed by atoms with van der Waals surface area (Å²) in [5, 5.41) is 17.5. The summed E-state index contributed by atoms with van der Waals surface area (Å²) in [5.41, 5.74) is 6.76. The van der Waals surface area contributed by atoms with Crippen LogP contribution in [0.3, 0.4) is 0 Å². The Morgan fingerprint density at radius 2 is 2.53 bits per heavy atom. The number of nitrogens with two attached hydrogens (primary N) is 1. The minimum absolute atomic E-state index is 0.184. The van der Waals surface area contributed by atoms with Crippen LogP contribution in [0.4, 0.5) is 10.5 Å². The maximum Gasteiger partial charge on any atom is 0.404 e. The van der Waals surface area contributed by atoms with Gasteiger partial charge in [-0.1, -0.05) is 0 Å². The van der Waals surface area contributed by atoms with E-state index in [2.05, 4.69) is 15.5 Å². The second kappa shape index (κ2) is 3.77. The number of nitrogens with zero attached hydrogens (tertiary/aromatic N) is 2. The molecule has 82 valence electrons. The van der Waals surface area contributed by atoms with Crippen molar-refractivity contribution in [3.05, 3.63) is 12.4 Å². The first-order valence-electron chi connectivity index (χ1n) is 4.65. The number of aromatic amines is 1. The van der Waals surface area contributed by atoms with Gasteiger partial charge in [-0.25, -0.2) is 4.79 Å². The number of nitrogens with one attached hydrogen (secondary N) is 2. The molecule has 2 atom stereocenters. The molecule has 0 spiro atoms. The quantitative estimate of drug-likeness (QED) is 0.512. The van der Waals surface area contributed by atoms with Crippen molar-refractivity contribution in [2.75, 3.05) is 18.0 Å². The Morgan fingerprint density at radius 1 is 1.73 bits per heavy atom. The summed E-state index contributed by atoms with van der Waals surface area (Å²) in [6, 6.07) is -0.409. The number of carbonyl (C=O) groups is 1. The first kappa shape index (κ1) is 9.78. The highest BCUT2D eigenvalue weighted by Crippen LogP contribution is 2.17. The van der Waals surface area contributed by atoms with E-state index in [0.717, 1.165) is 5.69 Å². The molecule has 7 heteroatoms. The van der Waals surface area contributed by atoms with Crippen molar-refractivity contribution in [2.24, 2.45) is 5.73 Å². The molecule has 1 aromatic rings. The van der Waals surface area contributed by atoms with Crippen molar-refractivity contribution in [1.82, 2.24) is 15.5 Å². The molecule has 0 radical (unpaired) electrons. The molecule has 1 fully saturated rings. The lowest BCUT2D eigenvalue weighted by atomic mass is 10.2. The SMILES string of the molecule is N[C@@H]1CN(c2cn[nH]c2)C[C@@H]1NC(=O)O. The predicted octanol–water partition coefficient (Wildman–Crippen LogP) is -0.807. The summed E-state index contributed by atoms with van der Waals surface area (Å²) in [6.07, 6.45) is 2.41. The van der Waals surface area contributed by atoms with Crippen molar-refractivity contribution in [3.63, 3.8) is 0 Å². The molecule has 0 aromatic carbocycles. The molecule has 0 unspecified atom stereocenters. The highest BCUT2D eigenvalue weighted by atomic mass is 16.4. The summed E-state index contributed by atoms with van der Waals surface area (Å²) in [7, 11) is 0. The number of rotatable bonds is 2. The summed E-state index contributed by atoms with van der Waals surface area (Å²) < 4.78 is 0. The molecule has 1 aliphatic heterocycles. The zero-order chi connectivity index (χ0) is 10.8. The van der Waals surface area contributed by atoms with Gasteiger partial charge in [-0.2, -0.15) is 5.10 Å². The molecular formula is C8H13N5O2. The van der Waals surface area contributed by atoms with Gasteiger partial charge in [-0.3, -0.25) is 5.10 Å². The first-order valence-corrected chi connectivity index (χ1v) is 4.65. The van der Waals surface area contributed by atoms with Gasteiger partial charge in [-0.05, 0) is 0 Å². The van der Waals surface area contributed by atoms with E-state index in [9.17, 15) is 4.79 Å². The van der Waals surface area contributed by atoms with Crippen molar-refractivity contribution in [1.29, 1.82) is 0 Å². The lowest BCUT2D eigenvalue weighted by molar-refractivity contribution is 0.190. The van der Waals surface area contributed by atoms with Crippen LogP contribution in [0.2, 0.25) is 0 Å². The molecule has 1 saturated heterocycles. The Bertz CT molecular complexity index is 339. The van der Waals surface area contributed by atoms with Crippen LogP contribution in [0, 0.1) is 0 Å². The number of aromatic nitrogens is 2. The molecule has 1 aromatic heterocycles. The van der Waals surface area contributed by atoms with Crippen LogP contribution in [0.5, 0.6) is 0 Å². The molecule has 0 saturated carbocycles. The second-order valence-electron chi connectivity index (χ2n) is 3.58. The zero-order valence-corrected chi connectivity index (χ0v) is 8.05. The third-order valence-corrected chi connectivity index (χ3v) is 2.52. The molecule has 15 heavy (non-hydrogen) atoms. The molecule has 1 amide bonds. The van der Waals surface area contributed by atoms with E-state index >= 15 is 0 Å². The predicted molar refractivity (Wildman–Crippen MR) is 53.7 cm³/mol. The van der Waals surface area contributed by atoms with Crippen molar-refractivity contribution in [2.45, 2.75) is 12.1 Å². The Labute approximate surface area is 86.3 Å². The lowest BCUT2D eigenvalue weighted by Crippen LogP contribution is -2.46. The average Bonchev–Trinajstić information content (AvgIpc) is 2.75. The van der Waals surface area contributed by atoms with Gasteiger partial charge in [0.2, 0.25) is 0 Å². The first-order chi connectivity index (χ1) is 7.16. The van der Waals surface area contributed by atoms with Crippen LogP contribution in [-0.4, -0.2) is 46.6 Å². The highest BCUT2D eigenvalue weighted by molar-refractivity contribution is 5.65. The van der Waals surface area contributed by atoms with Crippen LogP contribution in [0.25, 0.3) is 0 Å². The van der Waals surface area contributed by atoms with Crippen LogP contribution < -0.4 is 16.0 Å². The highest BCUT2D eigenvalue weighted by Gasteiger charge is 2.31. The third kappa shape index (κ3) is 2.01. The van der Waals surface area contributed by atoms with E-state index in [1.165, 1.54) is 0 Å². The molecule has 2 rings (SSSR count). The van der Waals surface area contributed by atoms with E-state index in [4.69, 9.17) is 10.8 Å². The maximum atomic E-state index is 10.5. The van der Waals surface area contributed by atoms with E-state index < -0.39 is 6.09 Å². The van der Waals surface area contributed by atoms with Crippen LogP contribution >= 0.6 is 0 Å². The van der Waals surface area contributed by atoms with Gasteiger partial charge in [0.05, 0.1) is 17.9 Å². The minimum Gasteiger partial charge on any atom is -0.465 e. The van der Waals surface area contributed by atoms with E-state index in [1.807, 2.05) is 4.90 Å². The van der Waals surface area contributed by atoms with E-state index in [1.54, 1.807) is 12.4 Å². The monoisotopic (exact) mass is 211 g/mol. The molecule has 0 aliphatic carbocycles. The molecule has 7 nitrogen and oxygen atoms in total. The summed E-state index contributed by atoms with van der Waals surface area (Å²) in [5.74, 6) is 0. The van der Waals surface area contributed by atoms with Crippen LogP contribution in [-0.2, 0) is 0 Å². The second-order valence-corrected chi connectivity index (χ2v) is 3.58. The van der Waals surface area contributed by atoms with E-state index in [-0.39, 0.29) is 12.1 Å². The van der Waals surface area contributed by atoms with Gasteiger partial charge < -0.3 is 21.1 Å². The number of hydrogen-bond donors (Lipinski definition) is 4. The summed E-state index contributed by atoms with van der Waals surface area (Å²) >= 11 is 0. The standard InChI is InChI=1S/C8H13N5O2/c9-6-3-13(5-1-10-11-2-5)4-7(6)12-8(14)15/h1-2,6-7,12H,3-4,9H2,(H,10,11)(H,14,15)/t6-,7+/m1/s1. The molecule has 0 bridgehead atoms. The fourth-order valence-electron chi connectivity index (χ4n) is 1.77. The fraction of sp³-hybridized carbons (Fsp3) is 0.500. The number of hydrogen-bond acceptors (Lipinski definition) is 4. The lowest BCUT2D eigenvalue weighted by Gasteiger charge is -2.15. The maximum absolute atomic E-state index is 10.5. The normalized spacial score (nSPS) is 25.5. The zero-order valence-electron chi connectivity index (χ0n) is 8.05. The van der Waals surface area contributed by atoms with Crippen LogP contribution in [0.15, 0.2) is 12.4 Å². The van der Waals surface area contributed by atoms with Gasteiger partial charge in [0.1, 0.15) is 0 Å². The summed E-state index contributed by atoms with van der Waals surface area (Å²) in [6.45, 7) is 1.21. The van der Waals surface area contributed by atoms with Crippen molar-refractivity contribution < 1.29 is 9.90 Å². The topological polar surface area (TPSA) is 107 Å². The van der Waals surface area contributed by atoms with Crippen molar-refractivity contribution in [3.8, 4) is 0 Å². The van der Waals surface area contributed by atoms with Crippen molar-refractivity contribution >= 4 is 11.8 Å². The molecule has 5 N–H and O–H groups in total. The van der Waals surface area contributed by atoms with Gasteiger partial charge in [0.15, 0.2) is 0 Å². The smallest absolute Gasteiger partial charge is 0.404 e. The average molecular weight is 211 g/mol. The van der Waals surface area contributed by atoms with Gasteiger partial charge >= 0.3 is 6.09 Å². The Hall–Kier alpha value is -1.76. The number of anilines is 1. The number of H-pyrrole nitrogens is 1. The van der Waals surface area contributed by atoms with Gasteiger partial charge in [-0.15, -0.1) is 0 Å². The number of amides is 1. The Balaban J connectivity index is 2.00. The number of carboxylic acid groups (broad SMARTS) is 1. The Kier molecular flexibility index (Phi) is 2.46. The summed E-state index contributed by atoms with van der Waals surface area (Å²) in [4.78, 5) is 12.5. The van der Waals surface area contributed by atoms with Gasteiger partial charge in [0.25, 0.3) is 0 Å². The minimum atomic E-state index is -1.04. The molecule has 2 heterocycles. The Morgan fingerprint density at radius 3 is 3.13 bits per heavy atom. The van der Waals surface area contributed by atoms with Gasteiger partial charge in [0, 0.05) is 25.3 Å². The molecular weight excluding hydrogens is 198 g/mol. The van der Waals surface area contributed by atoms with Crippen LogP contribution in [0.1, 0.15) is 0 Å². The van der Waals surface area contributed by atoms with E-state index in [0.29, 0.717) is 13.1 Å².